The minimum atomic E-state index is -0.246. The lowest BCUT2D eigenvalue weighted by Crippen LogP contribution is -2.10. The van der Waals surface area contributed by atoms with E-state index in [0.29, 0.717) is 17.0 Å². The highest BCUT2D eigenvalue weighted by molar-refractivity contribution is 6.05. The van der Waals surface area contributed by atoms with E-state index in [1.807, 2.05) is 0 Å². The first-order valence-electron chi connectivity index (χ1n) is 3.51. The Hall–Kier alpha value is -1.71. The van der Waals surface area contributed by atoms with E-state index in [2.05, 4.69) is 10.9 Å². The van der Waals surface area contributed by atoms with Crippen molar-refractivity contribution in [3.05, 3.63) is 23.8 Å². The predicted octanol–water partition coefficient (Wildman–Crippen LogP) is 0.780. The molecule has 0 atom stereocenters. The molecule has 1 aliphatic rings. The normalized spacial score (nSPS) is 13.2. The van der Waals surface area contributed by atoms with Crippen LogP contribution in [0.1, 0.15) is 10.4 Å². The third-order valence-corrected chi connectivity index (χ3v) is 1.75. The predicted molar refractivity (Wildman–Crippen MR) is 43.1 cm³/mol. The van der Waals surface area contributed by atoms with Gasteiger partial charge in [-0.2, -0.15) is 0 Å². The number of carbonyl (C=O) groups excluding carboxylic acids is 1. The first-order chi connectivity index (χ1) is 5.83. The second-order valence-corrected chi connectivity index (χ2v) is 2.41. The summed E-state index contributed by atoms with van der Waals surface area (Å²) < 4.78 is 5.03. The second kappa shape index (κ2) is 2.41. The molecule has 1 aromatic rings. The number of fused-ring (bicyclic) bond motifs is 1. The summed E-state index contributed by atoms with van der Waals surface area (Å²) in [5.74, 6) is 0.394. The zero-order valence-corrected chi connectivity index (χ0v) is 6.50. The van der Waals surface area contributed by atoms with Gasteiger partial charge in [0.05, 0.1) is 12.7 Å². The van der Waals surface area contributed by atoms with Crippen molar-refractivity contribution in [3.8, 4) is 5.75 Å². The third kappa shape index (κ3) is 0.812. The summed E-state index contributed by atoms with van der Waals surface area (Å²) >= 11 is 0. The van der Waals surface area contributed by atoms with Gasteiger partial charge in [0.25, 0.3) is 5.91 Å². The van der Waals surface area contributed by atoms with Crippen LogP contribution in [0.4, 0.5) is 5.69 Å². The average molecular weight is 163 g/mol. The van der Waals surface area contributed by atoms with Gasteiger partial charge < -0.3 is 4.74 Å². The molecule has 2 rings (SSSR count). The molecule has 0 fully saturated rings. The Kier molecular flexibility index (Phi) is 1.40. The molecule has 1 radical (unpaired) electrons. The molecule has 0 bridgehead atoms. The molecule has 0 saturated carbocycles. The molecular formula is C8H7N2O2. The summed E-state index contributed by atoms with van der Waals surface area (Å²) in [5, 5.41) is 0. The van der Waals surface area contributed by atoms with Gasteiger partial charge in [-0.05, 0) is 12.1 Å². The number of ether oxygens (including phenoxy) is 1. The van der Waals surface area contributed by atoms with Gasteiger partial charge in [-0.15, -0.1) is 5.43 Å². The Bertz CT molecular complexity index is 336. The number of amides is 1. The van der Waals surface area contributed by atoms with Crippen LogP contribution in [-0.4, -0.2) is 13.0 Å². The van der Waals surface area contributed by atoms with Crippen LogP contribution in [0.3, 0.4) is 0 Å². The van der Waals surface area contributed by atoms with E-state index >= 15 is 0 Å². The van der Waals surface area contributed by atoms with E-state index in [1.165, 1.54) is 0 Å². The fraction of sp³-hybridized carbons (Fsp3) is 0.125. The summed E-state index contributed by atoms with van der Waals surface area (Å²) in [7, 11) is 1.56. The molecule has 61 valence electrons. The average Bonchev–Trinajstić information content (AvgIpc) is 2.48. The van der Waals surface area contributed by atoms with Gasteiger partial charge in [0.15, 0.2) is 0 Å². The van der Waals surface area contributed by atoms with Crippen molar-refractivity contribution >= 4 is 11.6 Å². The first kappa shape index (κ1) is 6.97. The van der Waals surface area contributed by atoms with Gasteiger partial charge in [0.2, 0.25) is 0 Å². The first-order valence-corrected chi connectivity index (χ1v) is 3.51. The lowest BCUT2D eigenvalue weighted by molar-refractivity contribution is 0.0969. The largest absolute Gasteiger partial charge is 0.494 e. The maximum atomic E-state index is 11.0. The highest BCUT2D eigenvalue weighted by Crippen LogP contribution is 2.30. The molecule has 4 heteroatoms. The number of para-hydroxylation sites is 1. The SMILES string of the molecule is COc1cccc2c1N[N]C2=O. The van der Waals surface area contributed by atoms with Crippen LogP contribution in [-0.2, 0) is 0 Å². The molecule has 0 aliphatic carbocycles. The van der Waals surface area contributed by atoms with E-state index in [1.54, 1.807) is 25.3 Å². The molecule has 1 aliphatic heterocycles. The van der Waals surface area contributed by atoms with Crippen LogP contribution in [0.25, 0.3) is 0 Å². The minimum Gasteiger partial charge on any atom is -0.494 e. The topological polar surface area (TPSA) is 52.4 Å². The van der Waals surface area contributed by atoms with Crippen LogP contribution < -0.4 is 15.6 Å². The van der Waals surface area contributed by atoms with Gasteiger partial charge in [-0.25, -0.2) is 0 Å². The van der Waals surface area contributed by atoms with Crippen molar-refractivity contribution in [2.24, 2.45) is 0 Å². The summed E-state index contributed by atoms with van der Waals surface area (Å²) in [4.78, 5) is 11.0. The van der Waals surface area contributed by atoms with E-state index in [4.69, 9.17) is 4.74 Å². The lowest BCUT2D eigenvalue weighted by atomic mass is 10.2. The van der Waals surface area contributed by atoms with Gasteiger partial charge >= 0.3 is 0 Å². The number of rotatable bonds is 1. The number of hydrogen-bond donors (Lipinski definition) is 1. The van der Waals surface area contributed by atoms with Crippen molar-refractivity contribution in [2.75, 3.05) is 12.5 Å². The molecule has 0 aromatic heterocycles. The molecule has 0 unspecified atom stereocenters. The standard InChI is InChI=1S/C8H7N2O2/c1-12-6-4-2-3-5-7(6)9-10-8(5)11/h2-4,9H,1H3. The zero-order chi connectivity index (χ0) is 8.55. The molecule has 0 saturated heterocycles. The molecule has 12 heavy (non-hydrogen) atoms. The number of nitrogens with one attached hydrogen (secondary N) is 1. The number of methoxy groups -OCH3 is 1. The summed E-state index contributed by atoms with van der Waals surface area (Å²) in [5.41, 5.74) is 7.39. The molecule has 1 amide bonds. The van der Waals surface area contributed by atoms with Gasteiger partial charge in [-0.3, -0.25) is 10.2 Å². The summed E-state index contributed by atoms with van der Waals surface area (Å²) in [6.07, 6.45) is 0. The van der Waals surface area contributed by atoms with Crippen LogP contribution in [0, 0.1) is 0 Å². The van der Waals surface area contributed by atoms with Crippen molar-refractivity contribution in [2.45, 2.75) is 0 Å². The van der Waals surface area contributed by atoms with Gasteiger partial charge in [0.1, 0.15) is 11.4 Å². The molecule has 4 nitrogen and oxygen atoms in total. The van der Waals surface area contributed by atoms with Crippen molar-refractivity contribution in [1.82, 2.24) is 5.43 Å². The van der Waals surface area contributed by atoms with Crippen molar-refractivity contribution < 1.29 is 9.53 Å². The van der Waals surface area contributed by atoms with Crippen molar-refractivity contribution in [1.29, 1.82) is 0 Å². The molecule has 1 N–H and O–H groups in total. The van der Waals surface area contributed by atoms with E-state index in [0.717, 1.165) is 0 Å². The second-order valence-electron chi connectivity index (χ2n) is 2.41. The number of nitrogens with zero attached hydrogens (tertiary/aromatic N) is 1. The maximum absolute atomic E-state index is 11.0. The van der Waals surface area contributed by atoms with Crippen LogP contribution >= 0.6 is 0 Å². The Morgan fingerprint density at radius 3 is 3.08 bits per heavy atom. The van der Waals surface area contributed by atoms with Gasteiger partial charge in [-0.1, -0.05) is 6.07 Å². The highest BCUT2D eigenvalue weighted by atomic mass is 16.5. The van der Waals surface area contributed by atoms with E-state index < -0.39 is 0 Å². The molecule has 1 aromatic carbocycles. The van der Waals surface area contributed by atoms with E-state index in [-0.39, 0.29) is 5.91 Å². The molecule has 1 heterocycles. The number of carbonyl (C=O) groups is 1. The van der Waals surface area contributed by atoms with Crippen molar-refractivity contribution in [3.63, 3.8) is 0 Å². The van der Waals surface area contributed by atoms with E-state index in [9.17, 15) is 4.79 Å². The molecule has 0 spiro atoms. The summed E-state index contributed by atoms with van der Waals surface area (Å²) in [6, 6.07) is 5.25. The Labute approximate surface area is 69.5 Å². The summed E-state index contributed by atoms with van der Waals surface area (Å²) in [6.45, 7) is 0. The Morgan fingerprint density at radius 1 is 1.50 bits per heavy atom. The zero-order valence-electron chi connectivity index (χ0n) is 6.50. The van der Waals surface area contributed by atoms with Gasteiger partial charge in [0, 0.05) is 0 Å². The Balaban J connectivity index is 2.58. The number of anilines is 1. The monoisotopic (exact) mass is 163 g/mol. The fourth-order valence-electron chi connectivity index (χ4n) is 1.16. The highest BCUT2D eigenvalue weighted by Gasteiger charge is 2.23. The maximum Gasteiger partial charge on any atom is 0.295 e. The third-order valence-electron chi connectivity index (χ3n) is 1.75. The fourth-order valence-corrected chi connectivity index (χ4v) is 1.16. The molecular weight excluding hydrogens is 156 g/mol. The lowest BCUT2D eigenvalue weighted by Gasteiger charge is -2.03. The number of hydrogen-bond acceptors (Lipinski definition) is 3. The number of benzene rings is 1. The minimum absolute atomic E-state index is 0.246. The van der Waals surface area contributed by atoms with Crippen LogP contribution in [0.15, 0.2) is 18.2 Å². The smallest absolute Gasteiger partial charge is 0.295 e. The van der Waals surface area contributed by atoms with Crippen LogP contribution in [0.5, 0.6) is 5.75 Å². The Morgan fingerprint density at radius 2 is 2.33 bits per heavy atom. The quantitative estimate of drug-likeness (QED) is 0.665. The van der Waals surface area contributed by atoms with Crippen LogP contribution in [0.2, 0.25) is 0 Å².